The lowest BCUT2D eigenvalue weighted by Gasteiger charge is -2.26. The molecule has 0 atom stereocenters. The second-order valence-corrected chi connectivity index (χ2v) is 10.5. The third-order valence-electron chi connectivity index (χ3n) is 6.90. The monoisotopic (exact) mass is 513 g/mol. The van der Waals surface area contributed by atoms with Crippen LogP contribution < -0.4 is 10.3 Å². The van der Waals surface area contributed by atoms with E-state index < -0.39 is 0 Å². The van der Waals surface area contributed by atoms with Crippen molar-refractivity contribution in [2.45, 2.75) is 44.0 Å². The van der Waals surface area contributed by atoms with Crippen molar-refractivity contribution >= 4 is 28.6 Å². The van der Waals surface area contributed by atoms with Crippen LogP contribution in [0.25, 0.3) is 16.6 Å². The Kier molecular flexibility index (Phi) is 7.33. The van der Waals surface area contributed by atoms with Crippen molar-refractivity contribution in [1.82, 2.24) is 14.5 Å². The summed E-state index contributed by atoms with van der Waals surface area (Å²) < 4.78 is 7.06. The Labute approximate surface area is 221 Å². The van der Waals surface area contributed by atoms with Crippen molar-refractivity contribution in [2.75, 3.05) is 20.2 Å². The molecule has 1 amide bonds. The highest BCUT2D eigenvalue weighted by Gasteiger charge is 2.20. The summed E-state index contributed by atoms with van der Waals surface area (Å²) in [6, 6.07) is 19.1. The maximum absolute atomic E-state index is 13.8. The number of carbonyl (C=O) groups is 1. The van der Waals surface area contributed by atoms with Crippen LogP contribution in [0.3, 0.4) is 0 Å². The van der Waals surface area contributed by atoms with Crippen LogP contribution in [-0.4, -0.2) is 40.6 Å². The van der Waals surface area contributed by atoms with Gasteiger partial charge < -0.3 is 9.64 Å². The number of ether oxygens (including phenoxy) is 1. The molecular formula is C30H31N3O3S. The van der Waals surface area contributed by atoms with Crippen LogP contribution in [0.2, 0.25) is 0 Å². The average molecular weight is 514 g/mol. The molecule has 5 rings (SSSR count). The van der Waals surface area contributed by atoms with Crippen LogP contribution in [0.1, 0.15) is 46.3 Å². The lowest BCUT2D eigenvalue weighted by Crippen LogP contribution is -2.35. The minimum atomic E-state index is -0.168. The number of nitrogens with zero attached hydrogens (tertiary/aromatic N) is 3. The van der Waals surface area contributed by atoms with Gasteiger partial charge in [-0.25, -0.2) is 4.98 Å². The zero-order chi connectivity index (χ0) is 25.9. The van der Waals surface area contributed by atoms with Crippen LogP contribution in [0, 0.1) is 13.8 Å². The first-order chi connectivity index (χ1) is 17.9. The van der Waals surface area contributed by atoms with Gasteiger partial charge in [0, 0.05) is 30.5 Å². The van der Waals surface area contributed by atoms with Crippen LogP contribution in [0.15, 0.2) is 70.6 Å². The van der Waals surface area contributed by atoms with Gasteiger partial charge in [0.05, 0.1) is 23.7 Å². The van der Waals surface area contributed by atoms with E-state index in [1.807, 2.05) is 29.2 Å². The maximum atomic E-state index is 13.8. The number of rotatable bonds is 6. The molecule has 0 saturated carbocycles. The molecule has 190 valence electrons. The minimum absolute atomic E-state index is 0.00460. The largest absolute Gasteiger partial charge is 0.497 e. The molecule has 1 aliphatic rings. The lowest BCUT2D eigenvalue weighted by atomic mass is 10.1. The van der Waals surface area contributed by atoms with Gasteiger partial charge in [-0.15, -0.1) is 0 Å². The van der Waals surface area contributed by atoms with Gasteiger partial charge in [0.25, 0.3) is 11.5 Å². The number of carbonyl (C=O) groups excluding carboxylic acids is 1. The van der Waals surface area contributed by atoms with E-state index in [1.54, 1.807) is 29.9 Å². The van der Waals surface area contributed by atoms with Crippen LogP contribution >= 0.6 is 11.8 Å². The van der Waals surface area contributed by atoms with E-state index in [2.05, 4.69) is 32.0 Å². The molecule has 1 fully saturated rings. The second kappa shape index (κ2) is 10.8. The molecule has 1 aromatic heterocycles. The Balaban J connectivity index is 1.60. The average Bonchev–Trinajstić information content (AvgIpc) is 2.93. The predicted molar refractivity (Wildman–Crippen MR) is 149 cm³/mol. The molecular weight excluding hydrogens is 482 g/mol. The number of likely N-dealkylation sites (tertiary alicyclic amines) is 1. The number of aryl methyl sites for hydroxylation is 2. The fraction of sp³-hybridized carbons (Fsp3) is 0.300. The molecule has 0 radical (unpaired) electrons. The van der Waals surface area contributed by atoms with Gasteiger partial charge in [0.2, 0.25) is 0 Å². The van der Waals surface area contributed by atoms with Gasteiger partial charge >= 0.3 is 0 Å². The molecule has 1 saturated heterocycles. The van der Waals surface area contributed by atoms with Crippen LogP contribution in [-0.2, 0) is 5.75 Å². The Morgan fingerprint density at radius 1 is 1.00 bits per heavy atom. The smallest absolute Gasteiger partial charge is 0.266 e. The summed E-state index contributed by atoms with van der Waals surface area (Å²) in [6.45, 7) is 5.73. The highest BCUT2D eigenvalue weighted by atomic mass is 32.2. The van der Waals surface area contributed by atoms with Crippen molar-refractivity contribution in [3.05, 3.63) is 93.3 Å². The highest BCUT2D eigenvalue weighted by molar-refractivity contribution is 7.98. The third kappa shape index (κ3) is 5.27. The van der Waals surface area contributed by atoms with E-state index in [9.17, 15) is 9.59 Å². The van der Waals surface area contributed by atoms with E-state index in [4.69, 9.17) is 9.72 Å². The number of hydrogen-bond acceptors (Lipinski definition) is 5. The number of piperidine rings is 1. The third-order valence-corrected chi connectivity index (χ3v) is 7.89. The summed E-state index contributed by atoms with van der Waals surface area (Å²) >= 11 is 1.52. The molecule has 4 aromatic rings. The number of amides is 1. The lowest BCUT2D eigenvalue weighted by molar-refractivity contribution is 0.0724. The van der Waals surface area contributed by atoms with Crippen molar-refractivity contribution in [3.63, 3.8) is 0 Å². The quantitative estimate of drug-likeness (QED) is 0.236. The first kappa shape index (κ1) is 25.1. The van der Waals surface area contributed by atoms with Crippen molar-refractivity contribution < 1.29 is 9.53 Å². The van der Waals surface area contributed by atoms with Gasteiger partial charge in [-0.05, 0) is 74.6 Å². The molecule has 0 bridgehead atoms. The van der Waals surface area contributed by atoms with Gasteiger partial charge in [-0.1, -0.05) is 41.6 Å². The Morgan fingerprint density at radius 3 is 2.59 bits per heavy atom. The highest BCUT2D eigenvalue weighted by Crippen LogP contribution is 2.28. The summed E-state index contributed by atoms with van der Waals surface area (Å²) in [5.41, 5.74) is 5.23. The summed E-state index contributed by atoms with van der Waals surface area (Å²) in [7, 11) is 1.61. The molecule has 3 aromatic carbocycles. The van der Waals surface area contributed by atoms with Gasteiger partial charge in [-0.3, -0.25) is 14.2 Å². The molecule has 0 spiro atoms. The SMILES string of the molecule is COc1cccc(-n2c(SCc3cc(C)ccc3C)nc3cc(C(=O)N4CCCCC4)ccc3c2=O)c1. The second-order valence-electron chi connectivity index (χ2n) is 9.54. The maximum Gasteiger partial charge on any atom is 0.266 e. The summed E-state index contributed by atoms with van der Waals surface area (Å²) in [5.74, 6) is 1.34. The van der Waals surface area contributed by atoms with E-state index in [0.717, 1.165) is 32.4 Å². The van der Waals surface area contributed by atoms with E-state index in [1.165, 1.54) is 28.5 Å². The molecule has 1 aliphatic heterocycles. The zero-order valence-electron chi connectivity index (χ0n) is 21.5. The first-order valence-corrected chi connectivity index (χ1v) is 13.6. The number of fused-ring (bicyclic) bond motifs is 1. The number of thioether (sulfide) groups is 1. The topological polar surface area (TPSA) is 64.4 Å². The molecule has 6 nitrogen and oxygen atoms in total. The Bertz CT molecular complexity index is 1520. The predicted octanol–water partition coefficient (Wildman–Crippen LogP) is 5.93. The number of methoxy groups -OCH3 is 1. The van der Waals surface area contributed by atoms with E-state index >= 15 is 0 Å². The molecule has 7 heteroatoms. The van der Waals surface area contributed by atoms with Crippen LogP contribution in [0.5, 0.6) is 5.75 Å². The van der Waals surface area contributed by atoms with Crippen molar-refractivity contribution in [1.29, 1.82) is 0 Å². The normalized spacial score (nSPS) is 13.6. The standard InChI is InChI=1S/C30H31N3O3S/c1-20-10-11-21(2)23(16-20)19-37-30-31-27-17-22(28(34)32-14-5-4-6-15-32)12-13-26(27)29(35)33(30)24-8-7-9-25(18-24)36-3/h7-13,16-18H,4-6,14-15,19H2,1-3H3. The zero-order valence-corrected chi connectivity index (χ0v) is 22.3. The van der Waals surface area contributed by atoms with Gasteiger partial charge in [0.15, 0.2) is 5.16 Å². The summed E-state index contributed by atoms with van der Waals surface area (Å²) in [5, 5.41) is 1.06. The van der Waals surface area contributed by atoms with Crippen molar-refractivity contribution in [3.8, 4) is 11.4 Å². The van der Waals surface area contributed by atoms with Crippen molar-refractivity contribution in [2.24, 2.45) is 0 Å². The number of benzene rings is 3. The molecule has 2 heterocycles. The Hall–Kier alpha value is -3.58. The van der Waals surface area contributed by atoms with E-state index in [0.29, 0.717) is 38.8 Å². The minimum Gasteiger partial charge on any atom is -0.497 e. The Morgan fingerprint density at radius 2 is 1.81 bits per heavy atom. The first-order valence-electron chi connectivity index (χ1n) is 12.6. The number of aromatic nitrogens is 2. The molecule has 37 heavy (non-hydrogen) atoms. The molecule has 0 aliphatic carbocycles. The van der Waals surface area contributed by atoms with Crippen LogP contribution in [0.4, 0.5) is 0 Å². The van der Waals surface area contributed by atoms with E-state index in [-0.39, 0.29) is 11.5 Å². The fourth-order valence-electron chi connectivity index (χ4n) is 4.75. The molecule has 0 N–H and O–H groups in total. The summed E-state index contributed by atoms with van der Waals surface area (Å²) in [6.07, 6.45) is 3.22. The van der Waals surface area contributed by atoms with Gasteiger partial charge in [0.1, 0.15) is 5.75 Å². The molecule has 0 unspecified atom stereocenters. The van der Waals surface area contributed by atoms with Gasteiger partial charge in [-0.2, -0.15) is 0 Å². The fourth-order valence-corrected chi connectivity index (χ4v) is 5.83. The number of hydrogen-bond donors (Lipinski definition) is 0. The summed E-state index contributed by atoms with van der Waals surface area (Å²) in [4.78, 5) is 33.8.